The summed E-state index contributed by atoms with van der Waals surface area (Å²) in [5.74, 6) is 1.19. The zero-order chi connectivity index (χ0) is 10.7. The Morgan fingerprint density at radius 2 is 2.33 bits per heavy atom. The smallest absolute Gasteiger partial charge is 0.110 e. The van der Waals surface area contributed by atoms with Crippen molar-refractivity contribution >= 4 is 0 Å². The molecular formula is C13H21NO. The van der Waals surface area contributed by atoms with Crippen LogP contribution in [-0.2, 0) is 12.0 Å². The minimum atomic E-state index is 0.149. The first-order valence-corrected chi connectivity index (χ1v) is 6.08. The zero-order valence-corrected chi connectivity index (χ0v) is 9.81. The summed E-state index contributed by atoms with van der Waals surface area (Å²) in [7, 11) is 0. The van der Waals surface area contributed by atoms with Gasteiger partial charge in [-0.2, -0.15) is 0 Å². The monoisotopic (exact) mass is 207 g/mol. The highest BCUT2D eigenvalue weighted by Crippen LogP contribution is 2.33. The summed E-state index contributed by atoms with van der Waals surface area (Å²) in [5, 5.41) is 3.64. The van der Waals surface area contributed by atoms with Crippen molar-refractivity contribution in [2.75, 3.05) is 6.54 Å². The lowest BCUT2D eigenvalue weighted by Crippen LogP contribution is -2.44. The van der Waals surface area contributed by atoms with E-state index in [2.05, 4.69) is 25.2 Å². The predicted molar refractivity (Wildman–Crippen MR) is 61.9 cm³/mol. The molecule has 1 unspecified atom stereocenters. The van der Waals surface area contributed by atoms with E-state index in [0.29, 0.717) is 0 Å². The van der Waals surface area contributed by atoms with E-state index in [9.17, 15) is 0 Å². The number of hydrogen-bond acceptors (Lipinski definition) is 2. The maximum Gasteiger partial charge on any atom is 0.110 e. The Morgan fingerprint density at radius 3 is 3.13 bits per heavy atom. The number of unbranched alkanes of at least 4 members (excludes halogenated alkanes) is 2. The van der Waals surface area contributed by atoms with Crippen molar-refractivity contribution in [3.8, 4) is 0 Å². The summed E-state index contributed by atoms with van der Waals surface area (Å²) in [6, 6.07) is 2.13. The fourth-order valence-corrected chi connectivity index (χ4v) is 2.52. The van der Waals surface area contributed by atoms with Gasteiger partial charge in [0.1, 0.15) is 5.76 Å². The number of rotatable bonds is 4. The molecule has 2 nitrogen and oxygen atoms in total. The number of furan rings is 1. The molecule has 0 fully saturated rings. The number of fused-ring (bicyclic) bond motifs is 1. The Hall–Kier alpha value is -0.760. The second kappa shape index (κ2) is 4.40. The van der Waals surface area contributed by atoms with Gasteiger partial charge in [0.15, 0.2) is 0 Å². The number of nitrogens with one attached hydrogen (secondary N) is 1. The Kier molecular flexibility index (Phi) is 3.15. The molecule has 0 saturated heterocycles. The third-order valence-electron chi connectivity index (χ3n) is 3.49. The SMILES string of the molecule is CCCCCC1(C)NCCc2occc21. The van der Waals surface area contributed by atoms with Crippen LogP contribution >= 0.6 is 0 Å². The molecular weight excluding hydrogens is 186 g/mol. The largest absolute Gasteiger partial charge is 0.469 e. The van der Waals surface area contributed by atoms with Crippen LogP contribution in [0, 0.1) is 0 Å². The summed E-state index contributed by atoms with van der Waals surface area (Å²) in [6.45, 7) is 5.60. The highest BCUT2D eigenvalue weighted by molar-refractivity contribution is 5.28. The van der Waals surface area contributed by atoms with Gasteiger partial charge in [0, 0.05) is 24.1 Å². The molecule has 0 radical (unpaired) electrons. The van der Waals surface area contributed by atoms with Crippen LogP contribution < -0.4 is 5.32 Å². The molecule has 2 heteroatoms. The molecule has 0 aliphatic carbocycles. The molecule has 1 N–H and O–H groups in total. The Morgan fingerprint density at radius 1 is 1.47 bits per heavy atom. The van der Waals surface area contributed by atoms with E-state index in [0.717, 1.165) is 13.0 Å². The van der Waals surface area contributed by atoms with E-state index in [1.807, 2.05) is 6.26 Å². The van der Waals surface area contributed by atoms with Gasteiger partial charge in [-0.1, -0.05) is 26.2 Å². The third-order valence-corrected chi connectivity index (χ3v) is 3.49. The second-order valence-corrected chi connectivity index (χ2v) is 4.72. The van der Waals surface area contributed by atoms with E-state index >= 15 is 0 Å². The molecule has 15 heavy (non-hydrogen) atoms. The quantitative estimate of drug-likeness (QED) is 0.767. The van der Waals surface area contributed by atoms with Gasteiger partial charge in [0.25, 0.3) is 0 Å². The van der Waals surface area contributed by atoms with Crippen LogP contribution in [0.4, 0.5) is 0 Å². The van der Waals surface area contributed by atoms with Crippen molar-refractivity contribution in [2.24, 2.45) is 0 Å². The average Bonchev–Trinajstić information content (AvgIpc) is 2.68. The molecule has 2 heterocycles. The molecule has 0 amide bonds. The Bertz CT molecular complexity index is 318. The Balaban J connectivity index is 2.09. The van der Waals surface area contributed by atoms with Crippen LogP contribution in [0.2, 0.25) is 0 Å². The minimum Gasteiger partial charge on any atom is -0.469 e. The van der Waals surface area contributed by atoms with E-state index in [4.69, 9.17) is 4.42 Å². The fourth-order valence-electron chi connectivity index (χ4n) is 2.52. The summed E-state index contributed by atoms with van der Waals surface area (Å²) in [4.78, 5) is 0. The van der Waals surface area contributed by atoms with Gasteiger partial charge in [0.2, 0.25) is 0 Å². The molecule has 2 rings (SSSR count). The maximum atomic E-state index is 5.52. The van der Waals surface area contributed by atoms with Crippen molar-refractivity contribution in [3.05, 3.63) is 23.7 Å². The van der Waals surface area contributed by atoms with Crippen LogP contribution in [0.15, 0.2) is 16.7 Å². The maximum absolute atomic E-state index is 5.52. The first kappa shape index (κ1) is 10.7. The molecule has 1 aliphatic rings. The van der Waals surface area contributed by atoms with E-state index < -0.39 is 0 Å². The van der Waals surface area contributed by atoms with E-state index in [1.165, 1.54) is 37.0 Å². The molecule has 0 aromatic carbocycles. The van der Waals surface area contributed by atoms with Crippen LogP contribution in [0.25, 0.3) is 0 Å². The molecule has 0 saturated carbocycles. The lowest BCUT2D eigenvalue weighted by molar-refractivity contribution is 0.296. The van der Waals surface area contributed by atoms with Crippen molar-refractivity contribution < 1.29 is 4.42 Å². The van der Waals surface area contributed by atoms with Gasteiger partial charge in [-0.15, -0.1) is 0 Å². The van der Waals surface area contributed by atoms with E-state index in [1.54, 1.807) is 0 Å². The third kappa shape index (κ3) is 2.10. The van der Waals surface area contributed by atoms with Crippen molar-refractivity contribution in [2.45, 2.75) is 51.5 Å². The fraction of sp³-hybridized carbons (Fsp3) is 0.692. The van der Waals surface area contributed by atoms with Gasteiger partial charge in [-0.05, 0) is 19.4 Å². The normalized spacial score (nSPS) is 25.2. The standard InChI is InChI=1S/C13H21NO/c1-3-4-5-8-13(2)11-7-10-15-12(11)6-9-14-13/h7,10,14H,3-6,8-9H2,1-2H3. The zero-order valence-electron chi connectivity index (χ0n) is 9.81. The van der Waals surface area contributed by atoms with Crippen molar-refractivity contribution in [1.82, 2.24) is 5.32 Å². The van der Waals surface area contributed by atoms with Crippen molar-refractivity contribution in [1.29, 1.82) is 0 Å². The van der Waals surface area contributed by atoms with E-state index in [-0.39, 0.29) is 5.54 Å². The average molecular weight is 207 g/mol. The van der Waals surface area contributed by atoms with Crippen LogP contribution in [0.1, 0.15) is 50.9 Å². The van der Waals surface area contributed by atoms with Gasteiger partial charge in [0.05, 0.1) is 6.26 Å². The summed E-state index contributed by atoms with van der Waals surface area (Å²) >= 11 is 0. The topological polar surface area (TPSA) is 25.2 Å². The minimum absolute atomic E-state index is 0.149. The lowest BCUT2D eigenvalue weighted by atomic mass is 9.83. The van der Waals surface area contributed by atoms with Crippen molar-refractivity contribution in [3.63, 3.8) is 0 Å². The summed E-state index contributed by atoms with van der Waals surface area (Å²) < 4.78 is 5.52. The summed E-state index contributed by atoms with van der Waals surface area (Å²) in [5.41, 5.74) is 1.53. The molecule has 0 spiro atoms. The lowest BCUT2D eigenvalue weighted by Gasteiger charge is -2.34. The van der Waals surface area contributed by atoms with Gasteiger partial charge in [-0.3, -0.25) is 0 Å². The molecule has 84 valence electrons. The van der Waals surface area contributed by atoms with Crippen LogP contribution in [0.5, 0.6) is 0 Å². The summed E-state index contributed by atoms with van der Waals surface area (Å²) in [6.07, 6.45) is 7.98. The predicted octanol–water partition coefficient (Wildman–Crippen LogP) is 3.22. The van der Waals surface area contributed by atoms with Crippen LogP contribution in [-0.4, -0.2) is 6.54 Å². The first-order valence-electron chi connectivity index (χ1n) is 6.08. The van der Waals surface area contributed by atoms with Gasteiger partial charge >= 0.3 is 0 Å². The van der Waals surface area contributed by atoms with Gasteiger partial charge in [-0.25, -0.2) is 0 Å². The highest BCUT2D eigenvalue weighted by Gasteiger charge is 2.32. The second-order valence-electron chi connectivity index (χ2n) is 4.72. The molecule has 1 aliphatic heterocycles. The molecule has 0 bridgehead atoms. The molecule has 1 aromatic heterocycles. The number of hydrogen-bond donors (Lipinski definition) is 1. The first-order chi connectivity index (χ1) is 7.26. The van der Waals surface area contributed by atoms with Crippen LogP contribution in [0.3, 0.4) is 0 Å². The molecule has 1 aromatic rings. The van der Waals surface area contributed by atoms with Gasteiger partial charge < -0.3 is 9.73 Å². The highest BCUT2D eigenvalue weighted by atomic mass is 16.3. The Labute approximate surface area is 92.1 Å². The molecule has 1 atom stereocenters.